The van der Waals surface area contributed by atoms with Crippen LogP contribution in [0.3, 0.4) is 0 Å². The van der Waals surface area contributed by atoms with Gasteiger partial charge in [0, 0.05) is 25.0 Å². The molecule has 0 aliphatic carbocycles. The maximum Gasteiger partial charge on any atom is 0.158 e. The van der Waals surface area contributed by atoms with Crippen molar-refractivity contribution >= 4 is 0 Å². The van der Waals surface area contributed by atoms with Crippen LogP contribution < -0.4 is 0 Å². The molecule has 2 rings (SSSR count). The van der Waals surface area contributed by atoms with Gasteiger partial charge in [0.25, 0.3) is 0 Å². The SMILES string of the molecule is Cc1cnccc1-c1ncnn1C. The first-order chi connectivity index (χ1) is 6.29. The molecule has 0 fully saturated rings. The molecule has 2 aromatic rings. The van der Waals surface area contributed by atoms with E-state index in [2.05, 4.69) is 15.1 Å². The maximum atomic E-state index is 4.17. The van der Waals surface area contributed by atoms with Crippen LogP contribution in [0.4, 0.5) is 0 Å². The largest absolute Gasteiger partial charge is 0.264 e. The Morgan fingerprint density at radius 1 is 1.38 bits per heavy atom. The quantitative estimate of drug-likeness (QED) is 0.652. The molecule has 13 heavy (non-hydrogen) atoms. The van der Waals surface area contributed by atoms with Gasteiger partial charge in [-0.1, -0.05) is 0 Å². The van der Waals surface area contributed by atoms with Gasteiger partial charge in [-0.15, -0.1) is 0 Å². The van der Waals surface area contributed by atoms with Crippen molar-refractivity contribution in [2.75, 3.05) is 0 Å². The molecular weight excluding hydrogens is 164 g/mol. The molecule has 0 bridgehead atoms. The molecule has 2 heterocycles. The lowest BCUT2D eigenvalue weighted by atomic mass is 10.1. The zero-order valence-electron chi connectivity index (χ0n) is 7.60. The van der Waals surface area contributed by atoms with Gasteiger partial charge in [-0.2, -0.15) is 5.10 Å². The van der Waals surface area contributed by atoms with Crippen molar-refractivity contribution in [3.8, 4) is 11.4 Å². The van der Waals surface area contributed by atoms with E-state index >= 15 is 0 Å². The van der Waals surface area contributed by atoms with Crippen molar-refractivity contribution in [2.24, 2.45) is 7.05 Å². The zero-order valence-corrected chi connectivity index (χ0v) is 7.60. The summed E-state index contributed by atoms with van der Waals surface area (Å²) >= 11 is 0. The fourth-order valence-corrected chi connectivity index (χ4v) is 1.26. The monoisotopic (exact) mass is 174 g/mol. The molecule has 0 saturated heterocycles. The first-order valence-electron chi connectivity index (χ1n) is 4.04. The zero-order chi connectivity index (χ0) is 9.26. The number of pyridine rings is 1. The summed E-state index contributed by atoms with van der Waals surface area (Å²) in [7, 11) is 1.88. The van der Waals surface area contributed by atoms with Crippen molar-refractivity contribution in [3.05, 3.63) is 30.4 Å². The van der Waals surface area contributed by atoms with Gasteiger partial charge >= 0.3 is 0 Å². The molecule has 66 valence electrons. The summed E-state index contributed by atoms with van der Waals surface area (Å²) in [5.74, 6) is 0.875. The van der Waals surface area contributed by atoms with Gasteiger partial charge in [-0.05, 0) is 18.6 Å². The van der Waals surface area contributed by atoms with Crippen molar-refractivity contribution in [1.82, 2.24) is 19.7 Å². The third kappa shape index (κ3) is 1.30. The highest BCUT2D eigenvalue weighted by Gasteiger charge is 2.05. The van der Waals surface area contributed by atoms with E-state index in [9.17, 15) is 0 Å². The van der Waals surface area contributed by atoms with Crippen molar-refractivity contribution < 1.29 is 0 Å². The summed E-state index contributed by atoms with van der Waals surface area (Å²) in [5.41, 5.74) is 2.19. The first-order valence-corrected chi connectivity index (χ1v) is 4.04. The van der Waals surface area contributed by atoms with Gasteiger partial charge in [0.15, 0.2) is 5.82 Å². The molecule has 0 unspecified atom stereocenters. The lowest BCUT2D eigenvalue weighted by Crippen LogP contribution is -1.96. The van der Waals surface area contributed by atoms with Crippen LogP contribution in [0.5, 0.6) is 0 Å². The molecule has 0 N–H and O–H groups in total. The summed E-state index contributed by atoms with van der Waals surface area (Å²) < 4.78 is 1.75. The number of hydrogen-bond donors (Lipinski definition) is 0. The predicted octanol–water partition coefficient (Wildman–Crippen LogP) is 1.19. The molecule has 0 amide bonds. The third-order valence-electron chi connectivity index (χ3n) is 1.97. The number of nitrogens with zero attached hydrogens (tertiary/aromatic N) is 4. The molecule has 0 aliphatic heterocycles. The van der Waals surface area contributed by atoms with E-state index in [1.165, 1.54) is 0 Å². The van der Waals surface area contributed by atoms with Gasteiger partial charge in [0.1, 0.15) is 6.33 Å². The Labute approximate surface area is 76.3 Å². The Hall–Kier alpha value is -1.71. The summed E-state index contributed by atoms with van der Waals surface area (Å²) in [6.07, 6.45) is 5.14. The fourth-order valence-electron chi connectivity index (χ4n) is 1.26. The summed E-state index contributed by atoms with van der Waals surface area (Å²) in [5, 5.41) is 4.02. The maximum absolute atomic E-state index is 4.17. The normalized spacial score (nSPS) is 10.3. The standard InChI is InChI=1S/C9H10N4/c1-7-5-10-4-3-8(7)9-11-6-12-13(9)2/h3-6H,1-2H3. The predicted molar refractivity (Wildman–Crippen MR) is 49.0 cm³/mol. The van der Waals surface area contributed by atoms with Crippen LogP contribution in [0.25, 0.3) is 11.4 Å². The summed E-state index contributed by atoms with van der Waals surface area (Å²) in [4.78, 5) is 8.20. The second-order valence-electron chi connectivity index (χ2n) is 2.90. The average molecular weight is 174 g/mol. The van der Waals surface area contributed by atoms with Crippen LogP contribution in [0, 0.1) is 6.92 Å². The Morgan fingerprint density at radius 2 is 2.23 bits per heavy atom. The Balaban J connectivity index is 2.59. The molecule has 0 saturated carbocycles. The molecule has 2 aromatic heterocycles. The van der Waals surface area contributed by atoms with Crippen LogP contribution in [0.2, 0.25) is 0 Å². The van der Waals surface area contributed by atoms with Crippen LogP contribution in [-0.2, 0) is 7.05 Å². The minimum Gasteiger partial charge on any atom is -0.264 e. The Kier molecular flexibility index (Phi) is 1.81. The molecule has 0 spiro atoms. The molecule has 4 heteroatoms. The van der Waals surface area contributed by atoms with Gasteiger partial charge < -0.3 is 0 Å². The first kappa shape index (κ1) is 7.91. The Morgan fingerprint density at radius 3 is 2.85 bits per heavy atom. The number of aromatic nitrogens is 4. The van der Waals surface area contributed by atoms with E-state index in [4.69, 9.17) is 0 Å². The molecular formula is C9H10N4. The number of aryl methyl sites for hydroxylation is 2. The van der Waals surface area contributed by atoms with Crippen LogP contribution in [0.15, 0.2) is 24.8 Å². The van der Waals surface area contributed by atoms with E-state index in [1.807, 2.05) is 26.2 Å². The van der Waals surface area contributed by atoms with Crippen molar-refractivity contribution in [3.63, 3.8) is 0 Å². The van der Waals surface area contributed by atoms with E-state index in [1.54, 1.807) is 17.2 Å². The van der Waals surface area contributed by atoms with Crippen LogP contribution >= 0.6 is 0 Å². The molecule has 0 aliphatic rings. The van der Waals surface area contributed by atoms with Gasteiger partial charge in [-0.3, -0.25) is 4.98 Å². The molecule has 0 radical (unpaired) electrons. The fraction of sp³-hybridized carbons (Fsp3) is 0.222. The topological polar surface area (TPSA) is 43.6 Å². The molecule has 4 nitrogen and oxygen atoms in total. The van der Waals surface area contributed by atoms with E-state index in [-0.39, 0.29) is 0 Å². The minimum absolute atomic E-state index is 0.875. The van der Waals surface area contributed by atoms with Gasteiger partial charge in [0.05, 0.1) is 0 Å². The van der Waals surface area contributed by atoms with E-state index < -0.39 is 0 Å². The minimum atomic E-state index is 0.875. The van der Waals surface area contributed by atoms with Crippen molar-refractivity contribution in [1.29, 1.82) is 0 Å². The smallest absolute Gasteiger partial charge is 0.158 e. The van der Waals surface area contributed by atoms with Gasteiger partial charge in [-0.25, -0.2) is 9.67 Å². The second kappa shape index (κ2) is 2.97. The second-order valence-corrected chi connectivity index (χ2v) is 2.90. The van der Waals surface area contributed by atoms with Crippen LogP contribution in [-0.4, -0.2) is 19.7 Å². The summed E-state index contributed by atoms with van der Waals surface area (Å²) in [6, 6.07) is 1.94. The highest BCUT2D eigenvalue weighted by Crippen LogP contribution is 2.18. The van der Waals surface area contributed by atoms with Gasteiger partial charge in [0.2, 0.25) is 0 Å². The lowest BCUT2D eigenvalue weighted by molar-refractivity contribution is 0.774. The highest BCUT2D eigenvalue weighted by atomic mass is 15.3. The Bertz CT molecular complexity index is 419. The third-order valence-corrected chi connectivity index (χ3v) is 1.97. The number of hydrogen-bond acceptors (Lipinski definition) is 3. The van der Waals surface area contributed by atoms with Crippen LogP contribution in [0.1, 0.15) is 5.56 Å². The van der Waals surface area contributed by atoms with Crippen molar-refractivity contribution in [2.45, 2.75) is 6.92 Å². The van der Waals surface area contributed by atoms with E-state index in [0.717, 1.165) is 17.0 Å². The highest BCUT2D eigenvalue weighted by molar-refractivity contribution is 5.58. The molecule has 0 atom stereocenters. The lowest BCUT2D eigenvalue weighted by Gasteiger charge is -2.02. The molecule has 0 aromatic carbocycles. The summed E-state index contributed by atoms with van der Waals surface area (Å²) in [6.45, 7) is 2.01. The average Bonchev–Trinajstić information content (AvgIpc) is 2.52. The number of rotatable bonds is 1. The van der Waals surface area contributed by atoms with E-state index in [0.29, 0.717) is 0 Å².